The van der Waals surface area contributed by atoms with Gasteiger partial charge in [0.05, 0.1) is 24.3 Å². The molecule has 2 amide bonds. The summed E-state index contributed by atoms with van der Waals surface area (Å²) < 4.78 is 37.2. The van der Waals surface area contributed by atoms with Crippen molar-refractivity contribution in [3.05, 3.63) is 33.7 Å². The van der Waals surface area contributed by atoms with E-state index in [1.54, 1.807) is 7.11 Å². The van der Waals surface area contributed by atoms with Crippen LogP contribution in [0.2, 0.25) is 0 Å². The summed E-state index contributed by atoms with van der Waals surface area (Å²) in [6.07, 6.45) is 8.43. The van der Waals surface area contributed by atoms with Crippen LogP contribution in [0.25, 0.3) is 6.08 Å². The van der Waals surface area contributed by atoms with Crippen molar-refractivity contribution in [1.29, 1.82) is 0 Å². The molecule has 0 saturated heterocycles. The number of carboxylic acid groups (broad SMARTS) is 1. The number of carbonyl (C=O) groups excluding carboxylic acids is 5. The SMILES string of the molecule is CCC(C)(C)C(=O)OCCCC(CC)(CC)C(=O)NC1=NC(=Cc2[nH]c(NC(=O)C(CC)(CC)CC)c(C(=O)OC3C(C(C)(C)C)CC(COCC(=O)O)CC3C(C)(C)C)c2C(C)C)C(C(C)C)=C1C(=O)OC1C(C(C)(C)C)CC(COCCCOC)CC1C(C)(C)C. The van der Waals surface area contributed by atoms with Gasteiger partial charge in [-0.2, -0.15) is 0 Å². The summed E-state index contributed by atoms with van der Waals surface area (Å²) in [4.78, 5) is 95.6. The summed E-state index contributed by atoms with van der Waals surface area (Å²) >= 11 is 0. The fraction of sp³-hybridized carbons (Fsp3) is 0.803. The number of aromatic amines is 1. The summed E-state index contributed by atoms with van der Waals surface area (Å²) in [6, 6.07) is 0. The first-order chi connectivity index (χ1) is 43.1. The van der Waals surface area contributed by atoms with Gasteiger partial charge in [0.25, 0.3) is 0 Å². The molecular weight excluding hydrogens is 1180 g/mol. The molecule has 4 rings (SSSR count). The summed E-state index contributed by atoms with van der Waals surface area (Å²) in [7, 11) is 1.69. The van der Waals surface area contributed by atoms with Crippen molar-refractivity contribution in [3.63, 3.8) is 0 Å². The molecule has 4 N–H and O–H groups in total. The molecule has 17 nitrogen and oxygen atoms in total. The molecule has 530 valence electrons. The number of hydrogen-bond acceptors (Lipinski definition) is 13. The molecule has 1 aromatic rings. The Bertz CT molecular complexity index is 2730. The van der Waals surface area contributed by atoms with Crippen LogP contribution in [0.5, 0.6) is 0 Å². The van der Waals surface area contributed by atoms with Gasteiger partial charge >= 0.3 is 23.9 Å². The highest BCUT2D eigenvalue weighted by Crippen LogP contribution is 2.53. The average Bonchev–Trinajstić information content (AvgIpc) is 1.75. The minimum atomic E-state index is -1.03. The third-order valence-electron chi connectivity index (χ3n) is 21.7. The number of amidine groups is 1. The molecule has 2 saturated carbocycles. The Labute approximate surface area is 561 Å². The topological polar surface area (TPSA) is 230 Å². The summed E-state index contributed by atoms with van der Waals surface area (Å²) in [5.41, 5.74) is -1.29. The van der Waals surface area contributed by atoms with Gasteiger partial charge in [0.15, 0.2) is 0 Å². The quantitative estimate of drug-likeness (QED) is 0.0308. The highest BCUT2D eigenvalue weighted by molar-refractivity contribution is 6.26. The molecule has 1 aromatic heterocycles. The number of aliphatic carboxylic acids is 1. The van der Waals surface area contributed by atoms with Crippen LogP contribution in [-0.2, 0) is 52.4 Å². The molecule has 0 bridgehead atoms. The number of rotatable bonds is 31. The maximum Gasteiger partial charge on any atom is 0.342 e. The standard InChI is InChI=1S/C76H128N4O13/c1-26-74(23,24)69(87)91-37-32-34-76(30-5,31-6)68(86)80-64-60(66(84)92-61-50(70(11,12)13)38-48(39-51(61)71(14,15)16)43-89-36-33-35-88-25)58(47(9)10)55(78-64)42-54-57(46(7)8)59(63(77-54)79-67(85)75(27-2,28-3)29-4)65(83)93-62-52(72(17,18)19)40-49(44-90-45-56(81)82)41-53(62)73(20,21)22/h42,46-53,61-62,77H,26-41,43-45H2,1-25H3,(H,79,85)(H,81,82)(H,78,80,86). The number of nitrogens with one attached hydrogen (secondary N) is 3. The van der Waals surface area contributed by atoms with Crippen LogP contribution < -0.4 is 10.6 Å². The Hall–Kier alpha value is -4.87. The van der Waals surface area contributed by atoms with Gasteiger partial charge in [0.2, 0.25) is 11.8 Å². The number of anilines is 1. The second kappa shape index (κ2) is 33.4. The molecule has 0 aromatic carbocycles. The van der Waals surface area contributed by atoms with Crippen molar-refractivity contribution in [2.24, 2.45) is 84.3 Å². The van der Waals surface area contributed by atoms with E-state index in [1.807, 2.05) is 89.2 Å². The number of hydrogen-bond donors (Lipinski definition) is 4. The summed E-state index contributed by atoms with van der Waals surface area (Å²) in [6.45, 7) is 51.5. The van der Waals surface area contributed by atoms with Crippen LogP contribution in [0, 0.1) is 79.3 Å². The van der Waals surface area contributed by atoms with E-state index in [9.17, 15) is 19.5 Å². The highest BCUT2D eigenvalue weighted by Gasteiger charge is 2.52. The maximum atomic E-state index is 16.0. The molecule has 4 atom stereocenters. The van der Waals surface area contributed by atoms with E-state index in [-0.39, 0.29) is 123 Å². The van der Waals surface area contributed by atoms with Crippen LogP contribution in [0.15, 0.2) is 21.8 Å². The maximum absolute atomic E-state index is 16.0. The molecule has 17 heteroatoms. The van der Waals surface area contributed by atoms with E-state index in [2.05, 4.69) is 98.7 Å². The van der Waals surface area contributed by atoms with Crippen molar-refractivity contribution in [2.45, 2.75) is 268 Å². The Balaban J connectivity index is 2.07. The lowest BCUT2D eigenvalue weighted by molar-refractivity contribution is -0.166. The molecule has 2 fully saturated rings. The third kappa shape index (κ3) is 20.4. The normalized spacial score (nSPS) is 22.5. The first kappa shape index (κ1) is 80.6. The van der Waals surface area contributed by atoms with E-state index in [0.717, 1.165) is 19.3 Å². The second-order valence-corrected chi connectivity index (χ2v) is 33.1. The van der Waals surface area contributed by atoms with E-state index in [4.69, 9.17) is 33.4 Å². The van der Waals surface area contributed by atoms with Gasteiger partial charge in [-0.25, -0.2) is 19.4 Å². The second-order valence-electron chi connectivity index (χ2n) is 33.1. The zero-order valence-corrected chi connectivity index (χ0v) is 62.6. The van der Waals surface area contributed by atoms with Crippen molar-refractivity contribution >= 4 is 53.4 Å². The summed E-state index contributed by atoms with van der Waals surface area (Å²) in [5.74, 6) is -3.72. The van der Waals surface area contributed by atoms with E-state index < -0.39 is 53.0 Å². The number of nitrogens with zero attached hydrogens (tertiary/aromatic N) is 1. The van der Waals surface area contributed by atoms with Crippen molar-refractivity contribution in [2.75, 3.05) is 52.1 Å². The Kier molecular flexibility index (Phi) is 28.9. The number of methoxy groups -OCH3 is 1. The van der Waals surface area contributed by atoms with Gasteiger partial charge < -0.3 is 49.1 Å². The predicted octanol–water partition coefficient (Wildman–Crippen LogP) is 16.7. The molecule has 3 aliphatic rings. The highest BCUT2D eigenvalue weighted by atomic mass is 16.6. The minimum absolute atomic E-state index is 0.0167. The molecule has 0 spiro atoms. The van der Waals surface area contributed by atoms with Gasteiger partial charge in [-0.3, -0.25) is 14.4 Å². The lowest BCUT2D eigenvalue weighted by atomic mass is 9.58. The molecular formula is C76H128N4O13. The Morgan fingerprint density at radius 1 is 0.591 bits per heavy atom. The monoisotopic (exact) mass is 1300 g/mol. The van der Waals surface area contributed by atoms with Crippen molar-refractivity contribution < 1.29 is 62.3 Å². The number of aliphatic imine (C=N–C) groups is 1. The molecule has 2 aliphatic carbocycles. The van der Waals surface area contributed by atoms with Crippen molar-refractivity contribution in [1.82, 2.24) is 10.3 Å². The van der Waals surface area contributed by atoms with Gasteiger partial charge in [0, 0.05) is 67.1 Å². The smallest absolute Gasteiger partial charge is 0.342 e. The van der Waals surface area contributed by atoms with Gasteiger partial charge in [-0.15, -0.1) is 0 Å². The van der Waals surface area contributed by atoms with E-state index in [0.29, 0.717) is 107 Å². The largest absolute Gasteiger partial charge is 0.480 e. The molecule has 1 aliphatic heterocycles. The average molecular weight is 1310 g/mol. The predicted molar refractivity (Wildman–Crippen MR) is 372 cm³/mol. The number of ether oxygens (including phenoxy) is 6. The van der Waals surface area contributed by atoms with Gasteiger partial charge in [-0.05, 0) is 160 Å². The zero-order valence-electron chi connectivity index (χ0n) is 62.6. The Morgan fingerprint density at radius 2 is 1.05 bits per heavy atom. The first-order valence-electron chi connectivity index (χ1n) is 35.5. The molecule has 0 radical (unpaired) electrons. The van der Waals surface area contributed by atoms with Gasteiger partial charge in [0.1, 0.15) is 41.6 Å². The Morgan fingerprint density at radius 3 is 1.47 bits per heavy atom. The third-order valence-corrected chi connectivity index (χ3v) is 21.7. The molecule has 2 heterocycles. The van der Waals surface area contributed by atoms with Gasteiger partial charge in [-0.1, -0.05) is 152 Å². The van der Waals surface area contributed by atoms with Crippen LogP contribution in [0.4, 0.5) is 5.82 Å². The number of carbonyl (C=O) groups is 6. The molecule has 4 unspecified atom stereocenters. The summed E-state index contributed by atoms with van der Waals surface area (Å²) in [5, 5.41) is 15.9. The van der Waals surface area contributed by atoms with Crippen LogP contribution in [-0.4, -0.2) is 111 Å². The van der Waals surface area contributed by atoms with Crippen LogP contribution >= 0.6 is 0 Å². The lowest BCUT2D eigenvalue weighted by Gasteiger charge is -2.50. The zero-order chi connectivity index (χ0) is 70.6. The number of carboxylic acids is 1. The van der Waals surface area contributed by atoms with E-state index >= 15 is 14.4 Å². The van der Waals surface area contributed by atoms with Crippen LogP contribution in [0.3, 0.4) is 0 Å². The van der Waals surface area contributed by atoms with Crippen LogP contribution in [0.1, 0.15) is 277 Å². The van der Waals surface area contributed by atoms with Crippen molar-refractivity contribution in [3.8, 4) is 0 Å². The van der Waals surface area contributed by atoms with E-state index in [1.165, 1.54) is 0 Å². The number of allylic oxidation sites excluding steroid dienone is 1. The first-order valence-corrected chi connectivity index (χ1v) is 35.5. The number of aromatic nitrogens is 1. The molecule has 93 heavy (non-hydrogen) atoms. The number of H-pyrrole nitrogens is 1. The fourth-order valence-corrected chi connectivity index (χ4v) is 14.8. The number of esters is 3. The fourth-order valence-electron chi connectivity index (χ4n) is 14.8. The number of amides is 2. The lowest BCUT2D eigenvalue weighted by Crippen LogP contribution is -2.51. The minimum Gasteiger partial charge on any atom is -0.480 e.